The van der Waals surface area contributed by atoms with Crippen LogP contribution in [0.4, 0.5) is 0 Å². The van der Waals surface area contributed by atoms with Gasteiger partial charge in [0.2, 0.25) is 0 Å². The van der Waals surface area contributed by atoms with Crippen LogP contribution in [0.1, 0.15) is 20.8 Å². The molecule has 2 atom stereocenters. The largest absolute Gasteiger partial charge is 0.396 e. The van der Waals surface area contributed by atoms with Gasteiger partial charge in [-0.1, -0.05) is 25.1 Å². The maximum absolute atomic E-state index is 10.1. The first-order valence-corrected chi connectivity index (χ1v) is 6.32. The Balaban J connectivity index is 2.71. The molecule has 0 radical (unpaired) electrons. The molecular formula is C13H20O2S. The SMILES string of the molecule is C[C@H](CO)[C@@H](O)C(C)(C)Sc1ccccc1. The van der Waals surface area contributed by atoms with Crippen LogP contribution in [0.15, 0.2) is 35.2 Å². The summed E-state index contributed by atoms with van der Waals surface area (Å²) in [7, 11) is 0. The number of aliphatic hydroxyl groups excluding tert-OH is 2. The fourth-order valence-electron chi connectivity index (χ4n) is 1.64. The summed E-state index contributed by atoms with van der Waals surface area (Å²) in [6.45, 7) is 5.88. The first-order chi connectivity index (χ1) is 7.47. The highest BCUT2D eigenvalue weighted by molar-refractivity contribution is 8.00. The van der Waals surface area contributed by atoms with Crippen LogP contribution in [-0.4, -0.2) is 27.7 Å². The van der Waals surface area contributed by atoms with Crippen LogP contribution < -0.4 is 0 Å². The molecule has 1 rings (SSSR count). The second kappa shape index (κ2) is 5.71. The molecule has 0 aliphatic rings. The van der Waals surface area contributed by atoms with Gasteiger partial charge in [-0.3, -0.25) is 0 Å². The van der Waals surface area contributed by atoms with Crippen LogP contribution in [0.25, 0.3) is 0 Å². The molecule has 0 unspecified atom stereocenters. The molecule has 0 saturated carbocycles. The van der Waals surface area contributed by atoms with Crippen molar-refractivity contribution in [1.29, 1.82) is 0 Å². The van der Waals surface area contributed by atoms with Gasteiger partial charge in [0.25, 0.3) is 0 Å². The van der Waals surface area contributed by atoms with Crippen LogP contribution in [0.5, 0.6) is 0 Å². The van der Waals surface area contributed by atoms with Crippen molar-refractivity contribution in [1.82, 2.24) is 0 Å². The molecule has 90 valence electrons. The topological polar surface area (TPSA) is 40.5 Å². The zero-order chi connectivity index (χ0) is 12.2. The van der Waals surface area contributed by atoms with Crippen LogP contribution in [0, 0.1) is 5.92 Å². The Kier molecular flexibility index (Phi) is 4.84. The molecule has 0 aliphatic carbocycles. The Bertz CT molecular complexity index is 311. The molecule has 0 saturated heterocycles. The molecule has 3 heteroatoms. The van der Waals surface area contributed by atoms with Gasteiger partial charge in [0.05, 0.1) is 6.10 Å². The minimum atomic E-state index is -0.525. The summed E-state index contributed by atoms with van der Waals surface area (Å²) in [6, 6.07) is 10.0. The fourth-order valence-corrected chi connectivity index (χ4v) is 2.89. The third kappa shape index (κ3) is 3.51. The van der Waals surface area contributed by atoms with E-state index in [1.165, 1.54) is 0 Å². The summed E-state index contributed by atoms with van der Waals surface area (Å²) in [5.41, 5.74) is 0. The summed E-state index contributed by atoms with van der Waals surface area (Å²) < 4.78 is -0.302. The molecule has 0 aliphatic heterocycles. The Morgan fingerprint density at radius 3 is 2.31 bits per heavy atom. The number of benzene rings is 1. The van der Waals surface area contributed by atoms with Crippen molar-refractivity contribution in [2.75, 3.05) is 6.61 Å². The van der Waals surface area contributed by atoms with Crippen molar-refractivity contribution in [2.45, 2.75) is 36.5 Å². The standard InChI is InChI=1S/C13H20O2S/c1-10(9-14)12(15)13(2,3)16-11-7-5-4-6-8-11/h4-8,10,12,14-15H,9H2,1-3H3/t10-,12-/m1/s1. The predicted molar refractivity (Wildman–Crippen MR) is 68.6 cm³/mol. The van der Waals surface area contributed by atoms with Gasteiger partial charge in [-0.25, -0.2) is 0 Å². The fraction of sp³-hybridized carbons (Fsp3) is 0.538. The van der Waals surface area contributed by atoms with Crippen molar-refractivity contribution < 1.29 is 10.2 Å². The van der Waals surface area contributed by atoms with Gasteiger partial charge in [0.15, 0.2) is 0 Å². The van der Waals surface area contributed by atoms with Crippen LogP contribution in [0.3, 0.4) is 0 Å². The smallest absolute Gasteiger partial charge is 0.0732 e. The number of thioether (sulfide) groups is 1. The zero-order valence-corrected chi connectivity index (χ0v) is 10.9. The number of hydrogen-bond donors (Lipinski definition) is 2. The Hall–Kier alpha value is -0.510. The zero-order valence-electron chi connectivity index (χ0n) is 10.1. The molecule has 0 heterocycles. The summed E-state index contributed by atoms with van der Waals surface area (Å²) in [6.07, 6.45) is -0.525. The number of aliphatic hydroxyl groups is 2. The molecule has 2 N–H and O–H groups in total. The first kappa shape index (κ1) is 13.6. The molecule has 0 aromatic heterocycles. The lowest BCUT2D eigenvalue weighted by atomic mass is 9.95. The van der Waals surface area contributed by atoms with Crippen molar-refractivity contribution in [2.24, 2.45) is 5.92 Å². The summed E-state index contributed by atoms with van der Waals surface area (Å²) in [5.74, 6) is -0.105. The maximum atomic E-state index is 10.1. The van der Waals surface area contributed by atoms with Crippen molar-refractivity contribution in [3.05, 3.63) is 30.3 Å². The van der Waals surface area contributed by atoms with Gasteiger partial charge >= 0.3 is 0 Å². The van der Waals surface area contributed by atoms with Crippen LogP contribution in [-0.2, 0) is 0 Å². The number of rotatable bonds is 5. The molecule has 16 heavy (non-hydrogen) atoms. The summed E-state index contributed by atoms with van der Waals surface area (Å²) in [5, 5.41) is 19.2. The first-order valence-electron chi connectivity index (χ1n) is 5.50. The van der Waals surface area contributed by atoms with Gasteiger partial charge < -0.3 is 10.2 Å². The van der Waals surface area contributed by atoms with E-state index in [0.29, 0.717) is 0 Å². The van der Waals surface area contributed by atoms with Gasteiger partial charge in [0.1, 0.15) is 0 Å². The van der Waals surface area contributed by atoms with Crippen LogP contribution >= 0.6 is 11.8 Å². The maximum Gasteiger partial charge on any atom is 0.0732 e. The second-order valence-electron chi connectivity index (χ2n) is 4.62. The minimum Gasteiger partial charge on any atom is -0.396 e. The highest BCUT2D eigenvalue weighted by Gasteiger charge is 2.32. The lowest BCUT2D eigenvalue weighted by molar-refractivity contribution is 0.0550. The van der Waals surface area contributed by atoms with Gasteiger partial charge in [-0.15, -0.1) is 11.8 Å². The normalized spacial score (nSPS) is 15.8. The quantitative estimate of drug-likeness (QED) is 0.777. The summed E-state index contributed by atoms with van der Waals surface area (Å²) >= 11 is 1.64. The molecule has 2 nitrogen and oxygen atoms in total. The minimum absolute atomic E-state index is 0.0138. The van der Waals surface area contributed by atoms with Crippen molar-refractivity contribution >= 4 is 11.8 Å². The van der Waals surface area contributed by atoms with E-state index in [2.05, 4.69) is 0 Å². The molecular weight excluding hydrogens is 220 g/mol. The predicted octanol–water partition coefficient (Wildman–Crippen LogP) is 2.55. The third-order valence-electron chi connectivity index (χ3n) is 2.66. The third-order valence-corrected chi connectivity index (χ3v) is 3.94. The Morgan fingerprint density at radius 2 is 1.81 bits per heavy atom. The van der Waals surface area contributed by atoms with Gasteiger partial charge in [0, 0.05) is 22.2 Å². The van der Waals surface area contributed by atoms with E-state index < -0.39 is 6.10 Å². The average Bonchev–Trinajstić information content (AvgIpc) is 2.27. The summed E-state index contributed by atoms with van der Waals surface area (Å²) in [4.78, 5) is 1.14. The van der Waals surface area contributed by atoms with Crippen molar-refractivity contribution in [3.8, 4) is 0 Å². The highest BCUT2D eigenvalue weighted by atomic mass is 32.2. The molecule has 0 fully saturated rings. The number of hydrogen-bond acceptors (Lipinski definition) is 3. The van der Waals surface area contributed by atoms with E-state index in [9.17, 15) is 5.11 Å². The monoisotopic (exact) mass is 240 g/mol. The molecule has 0 spiro atoms. The van der Waals surface area contributed by atoms with E-state index in [4.69, 9.17) is 5.11 Å². The van der Waals surface area contributed by atoms with E-state index in [-0.39, 0.29) is 17.3 Å². The van der Waals surface area contributed by atoms with E-state index in [1.54, 1.807) is 11.8 Å². The lowest BCUT2D eigenvalue weighted by Crippen LogP contribution is -2.39. The molecule has 1 aromatic carbocycles. The van der Waals surface area contributed by atoms with Crippen LogP contribution in [0.2, 0.25) is 0 Å². The van der Waals surface area contributed by atoms with E-state index >= 15 is 0 Å². The lowest BCUT2D eigenvalue weighted by Gasteiger charge is -2.33. The van der Waals surface area contributed by atoms with Gasteiger partial charge in [-0.05, 0) is 26.0 Å². The Labute approximate surface area is 102 Å². The van der Waals surface area contributed by atoms with Crippen molar-refractivity contribution in [3.63, 3.8) is 0 Å². The average molecular weight is 240 g/mol. The molecule has 1 aromatic rings. The van der Waals surface area contributed by atoms with E-state index in [1.807, 2.05) is 51.1 Å². The Morgan fingerprint density at radius 1 is 1.25 bits per heavy atom. The molecule has 0 amide bonds. The van der Waals surface area contributed by atoms with E-state index in [0.717, 1.165) is 4.90 Å². The molecule has 0 bridgehead atoms. The second-order valence-corrected chi connectivity index (χ2v) is 6.35. The highest BCUT2D eigenvalue weighted by Crippen LogP contribution is 2.37. The van der Waals surface area contributed by atoms with Gasteiger partial charge in [-0.2, -0.15) is 0 Å².